The van der Waals surface area contributed by atoms with Crippen LogP contribution in [0.5, 0.6) is 0 Å². The molecule has 0 aliphatic heterocycles. The molecule has 148 valence electrons. The third kappa shape index (κ3) is 5.62. The van der Waals surface area contributed by atoms with E-state index in [4.69, 9.17) is 4.74 Å². The van der Waals surface area contributed by atoms with Gasteiger partial charge < -0.3 is 15.4 Å². The lowest BCUT2D eigenvalue weighted by molar-refractivity contribution is 0.0600. The number of amides is 1. The maximum atomic E-state index is 12.6. The second-order valence-electron chi connectivity index (χ2n) is 6.41. The van der Waals surface area contributed by atoms with Gasteiger partial charge in [-0.05, 0) is 43.2 Å². The second-order valence-corrected chi connectivity index (χ2v) is 6.41. The van der Waals surface area contributed by atoms with E-state index in [0.29, 0.717) is 29.4 Å². The summed E-state index contributed by atoms with van der Waals surface area (Å²) in [4.78, 5) is 32.9. The number of nitrogens with one attached hydrogen (secondary N) is 2. The fourth-order valence-electron chi connectivity index (χ4n) is 2.76. The SMILES string of the molecule is COC(=O)c1cccc(NC(=O)c2cc(C)nc(NCCc3ccccc3)n2)c1. The highest BCUT2D eigenvalue weighted by Crippen LogP contribution is 2.14. The van der Waals surface area contributed by atoms with Crippen LogP contribution in [0.25, 0.3) is 0 Å². The van der Waals surface area contributed by atoms with Crippen molar-refractivity contribution in [1.29, 1.82) is 0 Å². The summed E-state index contributed by atoms with van der Waals surface area (Å²) >= 11 is 0. The average molecular weight is 390 g/mol. The summed E-state index contributed by atoms with van der Waals surface area (Å²) in [6, 6.07) is 18.2. The number of aromatic nitrogens is 2. The topological polar surface area (TPSA) is 93.2 Å². The largest absolute Gasteiger partial charge is 0.465 e. The number of hydrogen-bond donors (Lipinski definition) is 2. The van der Waals surface area contributed by atoms with Crippen molar-refractivity contribution in [2.45, 2.75) is 13.3 Å². The molecule has 0 aliphatic carbocycles. The zero-order valence-electron chi connectivity index (χ0n) is 16.3. The summed E-state index contributed by atoms with van der Waals surface area (Å²) in [5.41, 5.74) is 2.95. The van der Waals surface area contributed by atoms with Crippen LogP contribution in [-0.2, 0) is 11.2 Å². The predicted octanol–water partition coefficient (Wildman–Crippen LogP) is 3.48. The molecule has 0 saturated carbocycles. The average Bonchev–Trinajstić information content (AvgIpc) is 2.73. The van der Waals surface area contributed by atoms with Crippen molar-refractivity contribution in [2.24, 2.45) is 0 Å². The van der Waals surface area contributed by atoms with E-state index in [1.165, 1.54) is 12.7 Å². The van der Waals surface area contributed by atoms with Crippen molar-refractivity contribution in [1.82, 2.24) is 9.97 Å². The van der Waals surface area contributed by atoms with Crippen molar-refractivity contribution < 1.29 is 14.3 Å². The summed E-state index contributed by atoms with van der Waals surface area (Å²) in [5, 5.41) is 5.91. The van der Waals surface area contributed by atoms with Gasteiger partial charge in [0.15, 0.2) is 0 Å². The third-order valence-electron chi connectivity index (χ3n) is 4.17. The van der Waals surface area contributed by atoms with Gasteiger partial charge in [-0.15, -0.1) is 0 Å². The van der Waals surface area contributed by atoms with E-state index in [1.807, 2.05) is 18.2 Å². The van der Waals surface area contributed by atoms with Gasteiger partial charge in [0.25, 0.3) is 5.91 Å². The van der Waals surface area contributed by atoms with Crippen LogP contribution in [0.4, 0.5) is 11.6 Å². The number of aryl methyl sites for hydroxylation is 1. The normalized spacial score (nSPS) is 10.3. The zero-order chi connectivity index (χ0) is 20.6. The highest BCUT2D eigenvalue weighted by atomic mass is 16.5. The highest BCUT2D eigenvalue weighted by Gasteiger charge is 2.12. The van der Waals surface area contributed by atoms with Gasteiger partial charge in [0.1, 0.15) is 5.69 Å². The number of esters is 1. The Labute approximate surface area is 169 Å². The molecule has 0 fully saturated rings. The zero-order valence-corrected chi connectivity index (χ0v) is 16.3. The number of rotatable bonds is 7. The summed E-state index contributed by atoms with van der Waals surface area (Å²) in [6.45, 7) is 2.45. The lowest BCUT2D eigenvalue weighted by atomic mass is 10.1. The molecule has 0 saturated heterocycles. The summed E-state index contributed by atoms with van der Waals surface area (Å²) in [7, 11) is 1.31. The van der Waals surface area contributed by atoms with Crippen LogP contribution in [0.3, 0.4) is 0 Å². The molecule has 0 unspecified atom stereocenters. The quantitative estimate of drug-likeness (QED) is 0.600. The second kappa shape index (κ2) is 9.45. The lowest BCUT2D eigenvalue weighted by Gasteiger charge is -2.09. The Kier molecular flexibility index (Phi) is 6.52. The lowest BCUT2D eigenvalue weighted by Crippen LogP contribution is -2.17. The van der Waals surface area contributed by atoms with Crippen molar-refractivity contribution in [3.8, 4) is 0 Å². The highest BCUT2D eigenvalue weighted by molar-refractivity contribution is 6.03. The Bertz CT molecular complexity index is 1010. The first-order valence-corrected chi connectivity index (χ1v) is 9.18. The molecule has 2 aromatic carbocycles. The molecule has 0 bridgehead atoms. The van der Waals surface area contributed by atoms with Gasteiger partial charge in [0, 0.05) is 17.9 Å². The Hall–Kier alpha value is -3.74. The van der Waals surface area contributed by atoms with Crippen LogP contribution in [0.1, 0.15) is 32.1 Å². The molecular formula is C22H22N4O3. The maximum absolute atomic E-state index is 12.6. The Balaban J connectivity index is 1.67. The van der Waals surface area contributed by atoms with E-state index in [2.05, 4.69) is 32.7 Å². The number of methoxy groups -OCH3 is 1. The minimum absolute atomic E-state index is 0.239. The molecule has 7 heteroatoms. The van der Waals surface area contributed by atoms with Gasteiger partial charge in [-0.3, -0.25) is 4.79 Å². The van der Waals surface area contributed by atoms with Gasteiger partial charge in [-0.25, -0.2) is 14.8 Å². The molecule has 0 spiro atoms. The minimum Gasteiger partial charge on any atom is -0.465 e. The van der Waals surface area contributed by atoms with Crippen molar-refractivity contribution >= 4 is 23.5 Å². The molecule has 0 radical (unpaired) electrons. The first kappa shape index (κ1) is 20.0. The number of ether oxygens (including phenoxy) is 1. The van der Waals surface area contributed by atoms with Gasteiger partial charge in [-0.1, -0.05) is 36.4 Å². The number of benzene rings is 2. The van der Waals surface area contributed by atoms with Gasteiger partial charge in [-0.2, -0.15) is 0 Å². The summed E-state index contributed by atoms with van der Waals surface area (Å²) in [6.07, 6.45) is 0.819. The number of carbonyl (C=O) groups is 2. The van der Waals surface area contributed by atoms with E-state index in [9.17, 15) is 9.59 Å². The fraction of sp³-hybridized carbons (Fsp3) is 0.182. The predicted molar refractivity (Wildman–Crippen MR) is 111 cm³/mol. The van der Waals surface area contributed by atoms with Crippen LogP contribution in [0, 0.1) is 6.92 Å². The molecule has 3 aromatic rings. The third-order valence-corrected chi connectivity index (χ3v) is 4.17. The molecule has 3 rings (SSSR count). The minimum atomic E-state index is -0.469. The Morgan fingerprint density at radius 2 is 1.79 bits per heavy atom. The Morgan fingerprint density at radius 1 is 1.00 bits per heavy atom. The van der Waals surface area contributed by atoms with Gasteiger partial charge >= 0.3 is 5.97 Å². The van der Waals surface area contributed by atoms with Crippen LogP contribution < -0.4 is 10.6 Å². The van der Waals surface area contributed by atoms with Crippen LogP contribution in [0.15, 0.2) is 60.7 Å². The van der Waals surface area contributed by atoms with E-state index >= 15 is 0 Å². The molecule has 29 heavy (non-hydrogen) atoms. The van der Waals surface area contributed by atoms with E-state index in [0.717, 1.165) is 6.42 Å². The van der Waals surface area contributed by atoms with Crippen LogP contribution in [0.2, 0.25) is 0 Å². The van der Waals surface area contributed by atoms with Gasteiger partial charge in [0.2, 0.25) is 5.95 Å². The monoisotopic (exact) mass is 390 g/mol. The first-order chi connectivity index (χ1) is 14.0. The van der Waals surface area contributed by atoms with E-state index in [1.54, 1.807) is 37.3 Å². The van der Waals surface area contributed by atoms with Gasteiger partial charge in [0.05, 0.1) is 12.7 Å². The van der Waals surface area contributed by atoms with Crippen molar-refractivity contribution in [2.75, 3.05) is 24.3 Å². The number of carbonyl (C=O) groups excluding carboxylic acids is 2. The van der Waals surface area contributed by atoms with Crippen LogP contribution >= 0.6 is 0 Å². The standard InChI is InChI=1S/C22H22N4O3/c1-15-13-19(20(27)25-18-10-6-9-17(14-18)21(28)29-2)26-22(24-15)23-12-11-16-7-4-3-5-8-16/h3-10,13-14H,11-12H2,1-2H3,(H,25,27)(H,23,24,26). The van der Waals surface area contributed by atoms with E-state index < -0.39 is 5.97 Å². The number of hydrogen-bond acceptors (Lipinski definition) is 6. The van der Waals surface area contributed by atoms with E-state index in [-0.39, 0.29) is 11.6 Å². The summed E-state index contributed by atoms with van der Waals surface area (Å²) in [5.74, 6) is -0.457. The van der Waals surface area contributed by atoms with Crippen molar-refractivity contribution in [3.05, 3.63) is 83.2 Å². The summed E-state index contributed by atoms with van der Waals surface area (Å²) < 4.78 is 4.70. The van der Waals surface area contributed by atoms with Crippen molar-refractivity contribution in [3.63, 3.8) is 0 Å². The van der Waals surface area contributed by atoms with Crippen LogP contribution in [-0.4, -0.2) is 35.5 Å². The first-order valence-electron chi connectivity index (χ1n) is 9.18. The molecule has 0 aliphatic rings. The molecular weight excluding hydrogens is 368 g/mol. The number of nitrogens with zero attached hydrogens (tertiary/aromatic N) is 2. The number of anilines is 2. The maximum Gasteiger partial charge on any atom is 0.337 e. The molecule has 0 atom stereocenters. The molecule has 1 aromatic heterocycles. The smallest absolute Gasteiger partial charge is 0.337 e. The molecule has 2 N–H and O–H groups in total. The molecule has 7 nitrogen and oxygen atoms in total. The fourth-order valence-corrected chi connectivity index (χ4v) is 2.76. The molecule has 1 heterocycles. The Morgan fingerprint density at radius 3 is 2.55 bits per heavy atom. The molecule has 1 amide bonds.